The summed E-state index contributed by atoms with van der Waals surface area (Å²) in [6.45, 7) is 13.5. The van der Waals surface area contributed by atoms with E-state index in [1.165, 1.54) is 22.4 Å². The Hall–Kier alpha value is 1.60. The third-order valence-corrected chi connectivity index (χ3v) is 16.5. The van der Waals surface area contributed by atoms with Gasteiger partial charge in [0.15, 0.2) is 0 Å². The maximum Gasteiger partial charge on any atom is 0.000947 e. The third-order valence-electron chi connectivity index (χ3n) is 2.83. The maximum atomic E-state index is 5.83. The summed E-state index contributed by atoms with van der Waals surface area (Å²) < 4.78 is 0. The molecule has 0 nitrogen and oxygen atoms in total. The van der Waals surface area contributed by atoms with Crippen LogP contribution in [0.1, 0.15) is 0 Å². The molecule has 0 N–H and O–H groups in total. The summed E-state index contributed by atoms with van der Waals surface area (Å²) in [7, 11) is -0.265. The lowest BCUT2D eigenvalue weighted by molar-refractivity contribution is 1.79. The molecule has 120 valence electrons. The van der Waals surface area contributed by atoms with Gasteiger partial charge in [0.1, 0.15) is 0 Å². The van der Waals surface area contributed by atoms with Crippen molar-refractivity contribution in [3.05, 3.63) is 24.3 Å². The lowest BCUT2D eigenvalue weighted by Gasteiger charge is -2.29. The number of hydrogen-bond donors (Lipinski definition) is 0. The first-order valence-corrected chi connectivity index (χ1v) is 19.9. The van der Waals surface area contributed by atoms with E-state index < -0.39 is 18.1 Å². The maximum absolute atomic E-state index is 5.83. The van der Waals surface area contributed by atoms with Gasteiger partial charge in [-0.3, -0.25) is 0 Å². The third kappa shape index (κ3) is 7.81. The Kier molecular flexibility index (Phi) is 7.53. The molecule has 0 unspecified atom stereocenters. The largest absolute Gasteiger partial charge is 0.0977 e. The van der Waals surface area contributed by atoms with Crippen molar-refractivity contribution in [1.29, 1.82) is 0 Å². The quantitative estimate of drug-likeness (QED) is 0.627. The van der Waals surface area contributed by atoms with Gasteiger partial charge in [-0.05, 0) is 68.7 Å². The Labute approximate surface area is 147 Å². The van der Waals surface area contributed by atoms with Crippen molar-refractivity contribution in [1.82, 2.24) is 0 Å². The van der Waals surface area contributed by atoms with Crippen LogP contribution in [0.15, 0.2) is 24.3 Å². The summed E-state index contributed by atoms with van der Waals surface area (Å²) in [6, 6.07) is 4.92. The molecule has 0 bridgehead atoms. The first-order valence-electron chi connectivity index (χ1n) is 6.77. The van der Waals surface area contributed by atoms with Crippen LogP contribution < -0.4 is 10.6 Å². The molecule has 0 aromatic heterocycles. The van der Waals surface area contributed by atoms with Crippen LogP contribution in [0.25, 0.3) is 0 Å². The van der Waals surface area contributed by atoms with Crippen LogP contribution in [0.5, 0.6) is 0 Å². The Bertz CT molecular complexity index is 611. The van der Waals surface area contributed by atoms with Crippen LogP contribution in [0.4, 0.5) is 0 Å². The fraction of sp³-hybridized carbons (Fsp3) is 0.571. The molecule has 7 heteroatoms. The van der Waals surface area contributed by atoms with E-state index >= 15 is 0 Å². The first-order chi connectivity index (χ1) is 9.30. The van der Waals surface area contributed by atoms with Crippen molar-refractivity contribution in [2.45, 2.75) is 0 Å². The van der Waals surface area contributed by atoms with Crippen LogP contribution in [-0.2, 0) is 35.4 Å². The van der Waals surface area contributed by atoms with Crippen molar-refractivity contribution in [2.75, 3.05) is 51.8 Å². The van der Waals surface area contributed by atoms with E-state index in [4.69, 9.17) is 35.4 Å². The predicted molar refractivity (Wildman–Crippen MR) is 121 cm³/mol. The minimum absolute atomic E-state index is 0.265. The summed E-state index contributed by atoms with van der Waals surface area (Å²) in [5.74, 6) is 2.34. The van der Waals surface area contributed by atoms with Gasteiger partial charge in [-0.15, -0.1) is 0 Å². The minimum Gasteiger partial charge on any atom is -0.0977 e. The van der Waals surface area contributed by atoms with E-state index in [2.05, 4.69) is 64.3 Å². The van der Waals surface area contributed by atoms with Crippen LogP contribution >= 0.6 is 26.0 Å². The fourth-order valence-corrected chi connectivity index (χ4v) is 17.3. The Balaban J connectivity index is 3.36. The zero-order valence-electron chi connectivity index (χ0n) is 13.7. The number of benzene rings is 1. The van der Waals surface area contributed by atoms with Crippen molar-refractivity contribution in [3.63, 3.8) is 0 Å². The summed E-state index contributed by atoms with van der Waals surface area (Å²) in [6.07, 6.45) is 0. The van der Waals surface area contributed by atoms with E-state index in [0.29, 0.717) is 0 Å². The second-order valence-electron chi connectivity index (χ2n) is 6.81. The van der Waals surface area contributed by atoms with Crippen molar-refractivity contribution < 1.29 is 0 Å². The zero-order chi connectivity index (χ0) is 16.5. The molecule has 0 saturated carbocycles. The fourth-order valence-electron chi connectivity index (χ4n) is 2.21. The average Bonchev–Trinajstić information content (AvgIpc) is 2.23. The van der Waals surface area contributed by atoms with Gasteiger partial charge in [0.2, 0.25) is 0 Å². The van der Waals surface area contributed by atoms with E-state index in [9.17, 15) is 0 Å². The lowest BCUT2D eigenvalue weighted by Crippen LogP contribution is -2.24. The molecule has 0 spiro atoms. The van der Waals surface area contributed by atoms with Crippen molar-refractivity contribution in [2.24, 2.45) is 0 Å². The molecule has 0 aliphatic rings. The van der Waals surface area contributed by atoms with Crippen LogP contribution in [0.2, 0.25) is 0 Å². The topological polar surface area (TPSA) is 0 Å². The molecule has 1 aromatic rings. The van der Waals surface area contributed by atoms with Gasteiger partial charge in [0, 0.05) is 11.8 Å². The van der Waals surface area contributed by atoms with Crippen LogP contribution in [0.3, 0.4) is 0 Å². The lowest BCUT2D eigenvalue weighted by atomic mass is 10.4. The normalized spacial score (nSPS) is 13.7. The molecule has 0 aliphatic carbocycles. The molecule has 0 radical (unpaired) electrons. The minimum atomic E-state index is -1.43. The molecule has 0 atom stereocenters. The van der Waals surface area contributed by atoms with Gasteiger partial charge in [0.25, 0.3) is 0 Å². The van der Waals surface area contributed by atoms with Gasteiger partial charge in [-0.2, -0.15) is 0 Å². The molecule has 0 heterocycles. The Morgan fingerprint density at radius 1 is 0.810 bits per heavy atom. The first kappa shape index (κ1) is 20.6. The SMILES string of the molecule is CP(C)(=S)CP(CP(C)(C)=S)c1ccccc1P(C)(C)=S. The highest BCUT2D eigenvalue weighted by molar-refractivity contribution is 8.20. The van der Waals surface area contributed by atoms with Gasteiger partial charge >= 0.3 is 0 Å². The second-order valence-corrected chi connectivity index (χ2v) is 28.8. The molecule has 0 amide bonds. The van der Waals surface area contributed by atoms with E-state index in [0.717, 1.165) is 0 Å². The van der Waals surface area contributed by atoms with Gasteiger partial charge < -0.3 is 0 Å². The highest BCUT2D eigenvalue weighted by Crippen LogP contribution is 2.59. The van der Waals surface area contributed by atoms with Gasteiger partial charge in [-0.1, -0.05) is 67.6 Å². The molecule has 21 heavy (non-hydrogen) atoms. The average molecular weight is 414 g/mol. The van der Waals surface area contributed by atoms with Gasteiger partial charge in [0.05, 0.1) is 0 Å². The van der Waals surface area contributed by atoms with Crippen LogP contribution in [-0.4, -0.2) is 51.8 Å². The smallest absolute Gasteiger partial charge is 0.000947 e. The summed E-state index contributed by atoms with van der Waals surface area (Å²) >= 11 is 17.4. The number of hydrogen-bond acceptors (Lipinski definition) is 3. The standard InChI is InChI=1S/C14H26P4S3/c1-16(2,19)11-15(12-17(3,4)20)13-9-7-8-10-14(13)18(5,6)21/h7-10H,11-12H2,1-6H3. The predicted octanol–water partition coefficient (Wildman–Crippen LogP) is 4.55. The highest BCUT2D eigenvalue weighted by Gasteiger charge is 2.24. The molecular formula is C14H26P4S3. The highest BCUT2D eigenvalue weighted by atomic mass is 32.4. The van der Waals surface area contributed by atoms with Crippen molar-refractivity contribution >= 4 is 72.1 Å². The molecule has 0 aliphatic heterocycles. The summed E-state index contributed by atoms with van der Waals surface area (Å²) in [5.41, 5.74) is 0. The molecular weight excluding hydrogens is 388 g/mol. The second kappa shape index (κ2) is 7.66. The summed E-state index contributed by atoms with van der Waals surface area (Å²) in [4.78, 5) is 0. The van der Waals surface area contributed by atoms with Crippen LogP contribution in [0, 0.1) is 0 Å². The molecule has 1 rings (SSSR count). The van der Waals surface area contributed by atoms with E-state index in [1.54, 1.807) is 0 Å². The van der Waals surface area contributed by atoms with E-state index in [1.807, 2.05) is 0 Å². The van der Waals surface area contributed by atoms with E-state index in [-0.39, 0.29) is 7.92 Å². The molecule has 1 aromatic carbocycles. The summed E-state index contributed by atoms with van der Waals surface area (Å²) in [5, 5.41) is 2.91. The monoisotopic (exact) mass is 414 g/mol. The number of rotatable bonds is 6. The van der Waals surface area contributed by atoms with Gasteiger partial charge in [-0.25, -0.2) is 0 Å². The Morgan fingerprint density at radius 3 is 1.62 bits per heavy atom. The van der Waals surface area contributed by atoms with Crippen molar-refractivity contribution in [3.8, 4) is 0 Å². The zero-order valence-corrected chi connectivity index (χ0v) is 19.8. The Morgan fingerprint density at radius 2 is 1.24 bits per heavy atom. The molecule has 0 saturated heterocycles. The molecule has 0 fully saturated rings.